The molecule has 1 aromatic heterocycles. The van der Waals surface area contributed by atoms with E-state index >= 15 is 0 Å². The number of hydrogen-bond acceptors (Lipinski definition) is 6. The highest BCUT2D eigenvalue weighted by Gasteiger charge is 2.15. The number of aryl methyl sites for hydroxylation is 1. The first kappa shape index (κ1) is 17.4. The van der Waals surface area contributed by atoms with E-state index in [1.807, 2.05) is 31.2 Å². The fraction of sp³-hybridized carbons (Fsp3) is 0.167. The molecule has 4 nitrogen and oxygen atoms in total. The zero-order valence-electron chi connectivity index (χ0n) is 13.4. The van der Waals surface area contributed by atoms with Crippen LogP contribution in [0.4, 0.5) is 15.2 Å². The SMILES string of the molecule is Cc1ccc(CC(C#N)Sc2nnc(Nc3ccccc3F)s2)cc1. The number of anilines is 2. The predicted octanol–water partition coefficient (Wildman–Crippen LogP) is 4.96. The van der Waals surface area contributed by atoms with Crippen molar-refractivity contribution in [3.05, 3.63) is 65.5 Å². The molecule has 0 saturated heterocycles. The molecule has 0 saturated carbocycles. The van der Waals surface area contributed by atoms with Gasteiger partial charge in [0.2, 0.25) is 5.13 Å². The number of thioether (sulfide) groups is 1. The zero-order valence-corrected chi connectivity index (χ0v) is 15.1. The van der Waals surface area contributed by atoms with Gasteiger partial charge >= 0.3 is 0 Å². The smallest absolute Gasteiger partial charge is 0.210 e. The van der Waals surface area contributed by atoms with Gasteiger partial charge in [-0.05, 0) is 31.0 Å². The molecule has 126 valence electrons. The Hall–Kier alpha value is -2.43. The second-order valence-electron chi connectivity index (χ2n) is 5.40. The highest BCUT2D eigenvalue weighted by atomic mass is 32.2. The normalized spacial score (nSPS) is 11.7. The largest absolute Gasteiger partial charge is 0.328 e. The molecule has 2 aromatic carbocycles. The van der Waals surface area contributed by atoms with E-state index in [9.17, 15) is 9.65 Å². The van der Waals surface area contributed by atoms with Gasteiger partial charge in [0.15, 0.2) is 4.34 Å². The molecule has 0 aliphatic rings. The molecule has 1 unspecified atom stereocenters. The zero-order chi connectivity index (χ0) is 17.6. The van der Waals surface area contributed by atoms with E-state index < -0.39 is 0 Å². The van der Waals surface area contributed by atoms with Crippen LogP contribution in [0.15, 0.2) is 52.9 Å². The number of halogens is 1. The fourth-order valence-electron chi connectivity index (χ4n) is 2.16. The Balaban J connectivity index is 1.64. The number of rotatable bonds is 6. The summed E-state index contributed by atoms with van der Waals surface area (Å²) in [5.41, 5.74) is 2.66. The Morgan fingerprint density at radius 1 is 1.20 bits per heavy atom. The summed E-state index contributed by atoms with van der Waals surface area (Å²) in [6.07, 6.45) is 0.636. The lowest BCUT2D eigenvalue weighted by Crippen LogP contribution is -2.03. The Kier molecular flexibility index (Phi) is 5.64. The van der Waals surface area contributed by atoms with Crippen molar-refractivity contribution >= 4 is 33.9 Å². The molecule has 0 bridgehead atoms. The lowest BCUT2D eigenvalue weighted by Gasteiger charge is -2.06. The molecule has 1 atom stereocenters. The number of nitriles is 1. The monoisotopic (exact) mass is 370 g/mol. The Morgan fingerprint density at radius 3 is 2.68 bits per heavy atom. The van der Waals surface area contributed by atoms with Crippen LogP contribution < -0.4 is 5.32 Å². The topological polar surface area (TPSA) is 61.6 Å². The van der Waals surface area contributed by atoms with Gasteiger partial charge in [0, 0.05) is 0 Å². The first-order valence-electron chi connectivity index (χ1n) is 7.61. The third kappa shape index (κ3) is 4.78. The van der Waals surface area contributed by atoms with Crippen molar-refractivity contribution in [3.8, 4) is 6.07 Å². The summed E-state index contributed by atoms with van der Waals surface area (Å²) in [4.78, 5) is 0. The molecule has 3 aromatic rings. The third-order valence-corrected chi connectivity index (χ3v) is 5.46. The summed E-state index contributed by atoms with van der Waals surface area (Å²) >= 11 is 2.68. The Bertz CT molecular complexity index is 887. The molecule has 0 spiro atoms. The summed E-state index contributed by atoms with van der Waals surface area (Å²) < 4.78 is 14.3. The van der Waals surface area contributed by atoms with Gasteiger partial charge in [-0.2, -0.15) is 5.26 Å². The van der Waals surface area contributed by atoms with E-state index in [-0.39, 0.29) is 11.1 Å². The number of benzene rings is 2. The number of nitrogens with zero attached hydrogens (tertiary/aromatic N) is 3. The van der Waals surface area contributed by atoms with Crippen LogP contribution in [0, 0.1) is 24.1 Å². The van der Waals surface area contributed by atoms with Crippen LogP contribution in [0.2, 0.25) is 0 Å². The fourth-order valence-corrected chi connectivity index (χ4v) is 4.09. The maximum Gasteiger partial charge on any atom is 0.210 e. The van der Waals surface area contributed by atoms with Crippen molar-refractivity contribution in [3.63, 3.8) is 0 Å². The minimum absolute atomic E-state index is 0.253. The van der Waals surface area contributed by atoms with E-state index in [0.29, 0.717) is 21.6 Å². The highest BCUT2D eigenvalue weighted by Crippen LogP contribution is 2.32. The van der Waals surface area contributed by atoms with E-state index in [1.54, 1.807) is 18.2 Å². The van der Waals surface area contributed by atoms with Gasteiger partial charge in [0.25, 0.3) is 0 Å². The standard InChI is InChI=1S/C18H15FN4S2/c1-12-6-8-13(9-7-12)10-14(11-20)24-18-23-22-17(25-18)21-16-5-3-2-4-15(16)19/h2-9,14H,10H2,1H3,(H,21,22). The highest BCUT2D eigenvalue weighted by molar-refractivity contribution is 8.01. The van der Waals surface area contributed by atoms with E-state index in [4.69, 9.17) is 0 Å². The third-order valence-electron chi connectivity index (χ3n) is 3.45. The predicted molar refractivity (Wildman–Crippen MR) is 99.7 cm³/mol. The van der Waals surface area contributed by atoms with E-state index in [2.05, 4.69) is 21.6 Å². The molecule has 3 rings (SSSR count). The molecule has 0 fully saturated rings. The number of nitrogens with one attached hydrogen (secondary N) is 1. The molecule has 0 aliphatic heterocycles. The molecule has 7 heteroatoms. The maximum absolute atomic E-state index is 13.7. The van der Waals surface area contributed by atoms with Crippen LogP contribution in [0.5, 0.6) is 0 Å². The maximum atomic E-state index is 13.7. The minimum atomic E-state index is -0.346. The summed E-state index contributed by atoms with van der Waals surface area (Å²) in [5.74, 6) is -0.346. The van der Waals surface area contributed by atoms with Gasteiger partial charge in [-0.3, -0.25) is 0 Å². The molecule has 25 heavy (non-hydrogen) atoms. The van der Waals surface area contributed by atoms with Crippen LogP contribution in [-0.2, 0) is 6.42 Å². The van der Waals surface area contributed by atoms with E-state index in [0.717, 1.165) is 5.56 Å². The van der Waals surface area contributed by atoms with Crippen LogP contribution in [-0.4, -0.2) is 15.4 Å². The summed E-state index contributed by atoms with van der Waals surface area (Å²) in [7, 11) is 0. The van der Waals surface area contributed by atoms with Crippen molar-refractivity contribution < 1.29 is 4.39 Å². The molecular formula is C18H15FN4S2. The molecule has 1 N–H and O–H groups in total. The van der Waals surface area contributed by atoms with Gasteiger partial charge in [0.1, 0.15) is 11.1 Å². The van der Waals surface area contributed by atoms with Gasteiger partial charge in [-0.25, -0.2) is 4.39 Å². The molecular weight excluding hydrogens is 355 g/mol. The first-order chi connectivity index (χ1) is 12.1. The molecule has 1 heterocycles. The summed E-state index contributed by atoms with van der Waals surface area (Å²) in [6.45, 7) is 2.03. The van der Waals surface area contributed by atoms with Crippen molar-refractivity contribution in [2.45, 2.75) is 22.9 Å². The second-order valence-corrected chi connectivity index (χ2v) is 7.83. The molecule has 0 radical (unpaired) electrons. The van der Waals surface area contributed by atoms with Crippen molar-refractivity contribution in [1.82, 2.24) is 10.2 Å². The first-order valence-corrected chi connectivity index (χ1v) is 9.30. The van der Waals surface area contributed by atoms with E-state index in [1.165, 1.54) is 34.7 Å². The second kappa shape index (κ2) is 8.10. The number of para-hydroxylation sites is 1. The van der Waals surface area contributed by atoms with Crippen molar-refractivity contribution in [2.24, 2.45) is 0 Å². The van der Waals surface area contributed by atoms with Crippen LogP contribution in [0.1, 0.15) is 11.1 Å². The average Bonchev–Trinajstić information content (AvgIpc) is 3.05. The lowest BCUT2D eigenvalue weighted by atomic mass is 10.1. The Morgan fingerprint density at radius 2 is 1.96 bits per heavy atom. The van der Waals surface area contributed by atoms with Gasteiger partial charge < -0.3 is 5.32 Å². The van der Waals surface area contributed by atoms with Gasteiger partial charge in [0.05, 0.1) is 11.8 Å². The minimum Gasteiger partial charge on any atom is -0.328 e. The summed E-state index contributed by atoms with van der Waals surface area (Å²) in [6, 6.07) is 16.8. The Labute approximate surface area is 153 Å². The van der Waals surface area contributed by atoms with Gasteiger partial charge in [-0.1, -0.05) is 65.1 Å². The van der Waals surface area contributed by atoms with Crippen LogP contribution in [0.3, 0.4) is 0 Å². The lowest BCUT2D eigenvalue weighted by molar-refractivity contribution is 0.632. The molecule has 0 aliphatic carbocycles. The average molecular weight is 370 g/mol. The number of hydrogen-bond donors (Lipinski definition) is 1. The van der Waals surface area contributed by atoms with Gasteiger partial charge in [-0.15, -0.1) is 10.2 Å². The van der Waals surface area contributed by atoms with Crippen LogP contribution >= 0.6 is 23.1 Å². The quantitative estimate of drug-likeness (QED) is 0.622. The van der Waals surface area contributed by atoms with Crippen LogP contribution in [0.25, 0.3) is 0 Å². The molecule has 0 amide bonds. The van der Waals surface area contributed by atoms with Crippen molar-refractivity contribution in [1.29, 1.82) is 5.26 Å². The van der Waals surface area contributed by atoms with Crippen molar-refractivity contribution in [2.75, 3.05) is 5.32 Å². The number of aromatic nitrogens is 2. The summed E-state index contributed by atoms with van der Waals surface area (Å²) in [5, 5.41) is 20.7.